The van der Waals surface area contributed by atoms with E-state index >= 15 is 0 Å². The summed E-state index contributed by atoms with van der Waals surface area (Å²) in [6, 6.07) is 0.0910. The van der Waals surface area contributed by atoms with Crippen LogP contribution in [-0.4, -0.2) is 42.4 Å². The summed E-state index contributed by atoms with van der Waals surface area (Å²) in [6.45, 7) is 4.33. The number of hydrogen-bond donors (Lipinski definition) is 1. The van der Waals surface area contributed by atoms with Crippen LogP contribution in [0.15, 0.2) is 12.2 Å². The zero-order valence-electron chi connectivity index (χ0n) is 9.67. The number of likely N-dealkylation sites (tertiary alicyclic amines) is 1. The molecule has 0 atom stereocenters. The van der Waals surface area contributed by atoms with Crippen molar-refractivity contribution in [1.82, 2.24) is 10.2 Å². The van der Waals surface area contributed by atoms with Gasteiger partial charge in [0.15, 0.2) is 0 Å². The molecule has 1 amide bonds. The van der Waals surface area contributed by atoms with Crippen molar-refractivity contribution in [3.8, 4) is 0 Å². The third-order valence-electron chi connectivity index (χ3n) is 2.31. The minimum atomic E-state index is -2.56. The van der Waals surface area contributed by atoms with E-state index in [2.05, 4.69) is 5.32 Å². The van der Waals surface area contributed by atoms with Gasteiger partial charge < -0.3 is 5.32 Å². The predicted octanol–water partition coefficient (Wildman–Crippen LogP) is 1.41. The first-order chi connectivity index (χ1) is 7.39. The molecule has 0 aliphatic carbocycles. The average molecular weight is 232 g/mol. The zero-order valence-corrected chi connectivity index (χ0v) is 9.67. The quantitative estimate of drug-likeness (QED) is 0.743. The van der Waals surface area contributed by atoms with Gasteiger partial charge in [0.1, 0.15) is 0 Å². The Balaban J connectivity index is 2.25. The Morgan fingerprint density at radius 2 is 2.25 bits per heavy atom. The summed E-state index contributed by atoms with van der Waals surface area (Å²) in [5, 5.41) is 2.69. The van der Waals surface area contributed by atoms with Crippen LogP contribution in [0.3, 0.4) is 0 Å². The van der Waals surface area contributed by atoms with Crippen LogP contribution >= 0.6 is 0 Å². The Bertz CT molecular complexity index is 277. The molecule has 1 aliphatic heterocycles. The topological polar surface area (TPSA) is 32.3 Å². The summed E-state index contributed by atoms with van der Waals surface area (Å²) in [4.78, 5) is 12.8. The largest absolute Gasteiger partial charge is 0.350 e. The fraction of sp³-hybridized carbons (Fsp3) is 0.727. The lowest BCUT2D eigenvalue weighted by atomic mass is 10.3. The van der Waals surface area contributed by atoms with Crippen LogP contribution in [0, 0.1) is 0 Å². The van der Waals surface area contributed by atoms with Gasteiger partial charge in [0, 0.05) is 31.6 Å². The van der Waals surface area contributed by atoms with Crippen molar-refractivity contribution in [2.45, 2.75) is 32.2 Å². The maximum absolute atomic E-state index is 12.8. The van der Waals surface area contributed by atoms with Gasteiger partial charge in [-0.25, -0.2) is 8.78 Å². The Hall–Kier alpha value is -0.970. The first-order valence-corrected chi connectivity index (χ1v) is 5.46. The highest BCUT2D eigenvalue weighted by Gasteiger charge is 2.37. The van der Waals surface area contributed by atoms with E-state index in [9.17, 15) is 13.6 Å². The molecule has 16 heavy (non-hydrogen) atoms. The molecule has 1 heterocycles. The number of alkyl halides is 2. The summed E-state index contributed by atoms with van der Waals surface area (Å²) in [5.41, 5.74) is 0. The van der Waals surface area contributed by atoms with Gasteiger partial charge in [0.05, 0.1) is 6.54 Å². The van der Waals surface area contributed by atoms with Crippen molar-refractivity contribution in [2.75, 3.05) is 19.6 Å². The third kappa shape index (κ3) is 4.70. The van der Waals surface area contributed by atoms with E-state index in [4.69, 9.17) is 0 Å². The van der Waals surface area contributed by atoms with Crippen LogP contribution < -0.4 is 5.32 Å². The maximum Gasteiger partial charge on any atom is 0.261 e. The summed E-state index contributed by atoms with van der Waals surface area (Å²) >= 11 is 0. The van der Waals surface area contributed by atoms with Crippen LogP contribution in [0.5, 0.6) is 0 Å². The number of hydrogen-bond acceptors (Lipinski definition) is 2. The standard InChI is InChI=1S/C11H18F2N2O/c1-9(2)14-10(16)4-3-6-15-7-5-11(12,13)8-15/h3-4,9H,5-8H2,1-2H3,(H,14,16)/b4-3+. The SMILES string of the molecule is CC(C)NC(=O)/C=C/CN1CCC(F)(F)C1. The van der Waals surface area contributed by atoms with Crippen molar-refractivity contribution in [1.29, 1.82) is 0 Å². The fourth-order valence-electron chi connectivity index (χ4n) is 1.60. The number of carbonyl (C=O) groups excluding carboxylic acids is 1. The van der Waals surface area contributed by atoms with Crippen molar-refractivity contribution in [2.24, 2.45) is 0 Å². The first kappa shape index (κ1) is 13.1. The maximum atomic E-state index is 12.8. The van der Waals surface area contributed by atoms with Gasteiger partial charge in [-0.05, 0) is 13.8 Å². The molecule has 1 saturated heterocycles. The molecule has 92 valence electrons. The summed E-state index contributed by atoms with van der Waals surface area (Å²) in [7, 11) is 0. The molecule has 0 bridgehead atoms. The highest BCUT2D eigenvalue weighted by atomic mass is 19.3. The van der Waals surface area contributed by atoms with Crippen LogP contribution in [0.2, 0.25) is 0 Å². The molecular formula is C11H18F2N2O. The Labute approximate surface area is 94.5 Å². The monoisotopic (exact) mass is 232 g/mol. The normalized spacial score (nSPS) is 20.8. The minimum absolute atomic E-state index is 0.0843. The number of halogens is 2. The van der Waals surface area contributed by atoms with E-state index in [1.807, 2.05) is 13.8 Å². The average Bonchev–Trinajstić information content (AvgIpc) is 2.44. The lowest BCUT2D eigenvalue weighted by molar-refractivity contribution is -0.116. The second-order valence-corrected chi connectivity index (χ2v) is 4.41. The van der Waals surface area contributed by atoms with Crippen LogP contribution in [-0.2, 0) is 4.79 Å². The van der Waals surface area contributed by atoms with Gasteiger partial charge in [0.25, 0.3) is 5.92 Å². The fourth-order valence-corrected chi connectivity index (χ4v) is 1.60. The Morgan fingerprint density at radius 3 is 2.75 bits per heavy atom. The lowest BCUT2D eigenvalue weighted by Gasteiger charge is -2.12. The van der Waals surface area contributed by atoms with Crippen molar-refractivity contribution < 1.29 is 13.6 Å². The van der Waals surface area contributed by atoms with Crippen LogP contribution in [0.25, 0.3) is 0 Å². The van der Waals surface area contributed by atoms with Crippen molar-refractivity contribution >= 4 is 5.91 Å². The molecule has 0 aromatic heterocycles. The van der Waals surface area contributed by atoms with Crippen LogP contribution in [0.4, 0.5) is 8.78 Å². The molecule has 1 aliphatic rings. The van der Waals surface area contributed by atoms with Gasteiger partial charge in [-0.2, -0.15) is 0 Å². The number of nitrogens with zero attached hydrogens (tertiary/aromatic N) is 1. The third-order valence-corrected chi connectivity index (χ3v) is 2.31. The van der Waals surface area contributed by atoms with Crippen molar-refractivity contribution in [3.05, 3.63) is 12.2 Å². The predicted molar refractivity (Wildman–Crippen MR) is 58.4 cm³/mol. The highest BCUT2D eigenvalue weighted by molar-refractivity contribution is 5.87. The van der Waals surface area contributed by atoms with E-state index in [1.54, 1.807) is 11.0 Å². The van der Waals surface area contributed by atoms with E-state index in [1.165, 1.54) is 6.08 Å². The molecule has 1 N–H and O–H groups in total. The molecule has 0 unspecified atom stereocenters. The van der Waals surface area contributed by atoms with E-state index in [0.29, 0.717) is 13.1 Å². The summed E-state index contributed by atoms with van der Waals surface area (Å²) in [6.07, 6.45) is 2.94. The summed E-state index contributed by atoms with van der Waals surface area (Å²) in [5.74, 6) is -2.74. The smallest absolute Gasteiger partial charge is 0.261 e. The van der Waals surface area contributed by atoms with Gasteiger partial charge in [0.2, 0.25) is 5.91 Å². The van der Waals surface area contributed by atoms with Gasteiger partial charge >= 0.3 is 0 Å². The molecule has 0 spiro atoms. The molecule has 1 fully saturated rings. The second kappa shape index (κ2) is 5.39. The molecule has 1 rings (SSSR count). The van der Waals surface area contributed by atoms with Crippen molar-refractivity contribution in [3.63, 3.8) is 0 Å². The van der Waals surface area contributed by atoms with E-state index in [-0.39, 0.29) is 24.9 Å². The Morgan fingerprint density at radius 1 is 1.56 bits per heavy atom. The molecular weight excluding hydrogens is 214 g/mol. The lowest BCUT2D eigenvalue weighted by Crippen LogP contribution is -2.29. The second-order valence-electron chi connectivity index (χ2n) is 4.41. The van der Waals surface area contributed by atoms with Gasteiger partial charge in [-0.15, -0.1) is 0 Å². The number of carbonyl (C=O) groups is 1. The molecule has 0 aromatic rings. The highest BCUT2D eigenvalue weighted by Crippen LogP contribution is 2.26. The number of amides is 1. The van der Waals surface area contributed by atoms with Gasteiger partial charge in [-0.1, -0.05) is 6.08 Å². The number of rotatable bonds is 4. The minimum Gasteiger partial charge on any atom is -0.350 e. The van der Waals surface area contributed by atoms with Gasteiger partial charge in [-0.3, -0.25) is 9.69 Å². The molecule has 0 aromatic carbocycles. The number of nitrogens with one attached hydrogen (secondary N) is 1. The Kier molecular flexibility index (Phi) is 4.41. The molecule has 0 saturated carbocycles. The molecule has 5 heteroatoms. The summed E-state index contributed by atoms with van der Waals surface area (Å²) < 4.78 is 25.6. The van der Waals surface area contributed by atoms with E-state index < -0.39 is 5.92 Å². The van der Waals surface area contributed by atoms with E-state index in [0.717, 1.165) is 0 Å². The molecule has 0 radical (unpaired) electrons. The van der Waals surface area contributed by atoms with Crippen LogP contribution in [0.1, 0.15) is 20.3 Å². The zero-order chi connectivity index (χ0) is 12.2. The molecule has 3 nitrogen and oxygen atoms in total. The first-order valence-electron chi connectivity index (χ1n) is 5.46.